The van der Waals surface area contributed by atoms with Crippen molar-refractivity contribution >= 4 is 16.9 Å². The lowest BCUT2D eigenvalue weighted by molar-refractivity contribution is 0.0245. The molecule has 0 bridgehead atoms. The maximum Gasteiger partial charge on any atom is 0.375 e. The van der Waals surface area contributed by atoms with Crippen molar-refractivity contribution in [1.29, 1.82) is 0 Å². The quantitative estimate of drug-likeness (QED) is 0.481. The first-order chi connectivity index (χ1) is 13.0. The van der Waals surface area contributed by atoms with Crippen LogP contribution in [0.5, 0.6) is 0 Å². The first kappa shape index (κ1) is 17.0. The van der Waals surface area contributed by atoms with E-state index in [1.165, 1.54) is 18.2 Å². The maximum atomic E-state index is 13.4. The third-order valence-corrected chi connectivity index (χ3v) is 4.18. The van der Waals surface area contributed by atoms with Gasteiger partial charge in [-0.25, -0.2) is 9.18 Å². The first-order valence-corrected chi connectivity index (χ1v) is 8.31. The van der Waals surface area contributed by atoms with Gasteiger partial charge >= 0.3 is 5.97 Å². The van der Waals surface area contributed by atoms with Gasteiger partial charge in [0.15, 0.2) is 6.10 Å². The van der Waals surface area contributed by atoms with E-state index in [1.54, 1.807) is 13.8 Å². The average molecular weight is 366 g/mol. The molecule has 2 heterocycles. The van der Waals surface area contributed by atoms with Gasteiger partial charge in [0.2, 0.25) is 11.7 Å². The number of halogens is 1. The molecule has 0 unspecified atom stereocenters. The molecule has 0 spiro atoms. The van der Waals surface area contributed by atoms with Crippen molar-refractivity contribution in [3.63, 3.8) is 0 Å². The van der Waals surface area contributed by atoms with Gasteiger partial charge in [-0.2, -0.15) is 0 Å². The molecule has 2 aromatic carbocycles. The van der Waals surface area contributed by atoms with E-state index in [0.29, 0.717) is 22.4 Å². The van der Waals surface area contributed by atoms with E-state index in [9.17, 15) is 9.18 Å². The summed E-state index contributed by atoms with van der Waals surface area (Å²) in [7, 11) is 0. The molecule has 6 nitrogen and oxygen atoms in total. The van der Waals surface area contributed by atoms with E-state index >= 15 is 0 Å². The van der Waals surface area contributed by atoms with E-state index < -0.39 is 17.9 Å². The van der Waals surface area contributed by atoms with Crippen molar-refractivity contribution < 1.29 is 22.8 Å². The normalized spacial score (nSPS) is 12.3. The number of carbonyl (C=O) groups excluding carboxylic acids is 1. The largest absolute Gasteiger partial charge is 0.449 e. The number of hydrogen-bond acceptors (Lipinski definition) is 6. The van der Waals surface area contributed by atoms with Crippen molar-refractivity contribution in [3.05, 3.63) is 71.6 Å². The molecule has 0 amide bonds. The van der Waals surface area contributed by atoms with Crippen LogP contribution < -0.4 is 0 Å². The Balaban J connectivity index is 1.55. The van der Waals surface area contributed by atoms with E-state index in [-0.39, 0.29) is 11.7 Å². The number of nitrogens with zero attached hydrogens (tertiary/aromatic N) is 2. The molecule has 7 heteroatoms. The highest BCUT2D eigenvalue weighted by molar-refractivity contribution is 5.95. The Morgan fingerprint density at radius 3 is 2.67 bits per heavy atom. The summed E-state index contributed by atoms with van der Waals surface area (Å²) >= 11 is 0. The smallest absolute Gasteiger partial charge is 0.375 e. The number of furan rings is 1. The van der Waals surface area contributed by atoms with Crippen LogP contribution in [0.3, 0.4) is 0 Å². The van der Waals surface area contributed by atoms with Crippen LogP contribution in [0.4, 0.5) is 4.39 Å². The predicted octanol–water partition coefficient (Wildman–Crippen LogP) is 4.85. The SMILES string of the molecule is Cc1c(C(=O)O[C@H](C)c2nnc(-c3ccccc3)o2)oc2ccc(F)cc12. The number of aryl methyl sites for hydroxylation is 1. The molecule has 136 valence electrons. The molecule has 1 atom stereocenters. The molecular weight excluding hydrogens is 351 g/mol. The minimum Gasteiger partial charge on any atom is -0.449 e. The van der Waals surface area contributed by atoms with Crippen LogP contribution in [-0.2, 0) is 4.74 Å². The third kappa shape index (κ3) is 3.19. The van der Waals surface area contributed by atoms with E-state index in [2.05, 4.69) is 10.2 Å². The van der Waals surface area contributed by atoms with E-state index in [1.807, 2.05) is 30.3 Å². The minimum absolute atomic E-state index is 0.0187. The zero-order valence-electron chi connectivity index (χ0n) is 14.6. The molecular formula is C20H15FN2O4. The second-order valence-electron chi connectivity index (χ2n) is 6.06. The maximum absolute atomic E-state index is 13.4. The summed E-state index contributed by atoms with van der Waals surface area (Å²) in [6.07, 6.45) is -0.771. The fourth-order valence-corrected chi connectivity index (χ4v) is 2.75. The number of rotatable bonds is 4. The van der Waals surface area contributed by atoms with Crippen LogP contribution in [0, 0.1) is 12.7 Å². The Kier molecular flexibility index (Phi) is 4.19. The Labute approximate surface area is 153 Å². The van der Waals surface area contributed by atoms with Gasteiger partial charge in [-0.05, 0) is 44.2 Å². The molecule has 0 N–H and O–H groups in total. The number of ether oxygens (including phenoxy) is 1. The number of carbonyl (C=O) groups is 1. The van der Waals surface area contributed by atoms with Gasteiger partial charge in [0.05, 0.1) is 0 Å². The summed E-state index contributed by atoms with van der Waals surface area (Å²) < 4.78 is 29.9. The van der Waals surface area contributed by atoms with E-state index in [4.69, 9.17) is 13.6 Å². The molecule has 0 aliphatic carbocycles. The Bertz CT molecular complexity index is 1120. The number of fused-ring (bicyclic) bond motifs is 1. The van der Waals surface area contributed by atoms with Gasteiger partial charge in [-0.3, -0.25) is 0 Å². The van der Waals surface area contributed by atoms with Gasteiger partial charge in [0.25, 0.3) is 5.89 Å². The van der Waals surface area contributed by atoms with Gasteiger partial charge < -0.3 is 13.6 Å². The molecule has 0 saturated carbocycles. The van der Waals surface area contributed by atoms with Crippen LogP contribution >= 0.6 is 0 Å². The average Bonchev–Trinajstić information content (AvgIpc) is 3.28. The number of esters is 1. The summed E-state index contributed by atoms with van der Waals surface area (Å²) in [5.74, 6) is -0.564. The van der Waals surface area contributed by atoms with Crippen molar-refractivity contribution in [2.24, 2.45) is 0 Å². The molecule has 4 aromatic rings. The van der Waals surface area contributed by atoms with Gasteiger partial charge in [-0.15, -0.1) is 10.2 Å². The summed E-state index contributed by atoms with van der Waals surface area (Å²) in [6, 6.07) is 13.3. The first-order valence-electron chi connectivity index (χ1n) is 8.31. The lowest BCUT2D eigenvalue weighted by Crippen LogP contribution is -2.09. The molecule has 0 fully saturated rings. The third-order valence-electron chi connectivity index (χ3n) is 4.18. The highest BCUT2D eigenvalue weighted by atomic mass is 19.1. The summed E-state index contributed by atoms with van der Waals surface area (Å²) in [4.78, 5) is 12.5. The molecule has 4 rings (SSSR count). The van der Waals surface area contributed by atoms with Gasteiger partial charge in [-0.1, -0.05) is 18.2 Å². The second kappa shape index (κ2) is 6.68. The lowest BCUT2D eigenvalue weighted by atomic mass is 10.1. The van der Waals surface area contributed by atoms with Crippen molar-refractivity contribution in [2.75, 3.05) is 0 Å². The van der Waals surface area contributed by atoms with Crippen LogP contribution in [0.2, 0.25) is 0 Å². The fourth-order valence-electron chi connectivity index (χ4n) is 2.75. The topological polar surface area (TPSA) is 78.4 Å². The van der Waals surface area contributed by atoms with Crippen molar-refractivity contribution in [1.82, 2.24) is 10.2 Å². The zero-order chi connectivity index (χ0) is 19.0. The van der Waals surface area contributed by atoms with Crippen LogP contribution in [0.1, 0.15) is 35.0 Å². The van der Waals surface area contributed by atoms with Gasteiger partial charge in [0.1, 0.15) is 11.4 Å². The summed E-state index contributed by atoms with van der Waals surface area (Å²) in [5, 5.41) is 8.45. The van der Waals surface area contributed by atoms with Crippen LogP contribution in [0.15, 0.2) is 57.4 Å². The number of benzene rings is 2. The lowest BCUT2D eigenvalue weighted by Gasteiger charge is -2.08. The summed E-state index contributed by atoms with van der Waals surface area (Å²) in [5.41, 5.74) is 1.69. The van der Waals surface area contributed by atoms with Crippen molar-refractivity contribution in [3.8, 4) is 11.5 Å². The Morgan fingerprint density at radius 2 is 1.89 bits per heavy atom. The van der Waals surface area contributed by atoms with Crippen LogP contribution in [-0.4, -0.2) is 16.2 Å². The second-order valence-corrected chi connectivity index (χ2v) is 6.06. The van der Waals surface area contributed by atoms with Gasteiger partial charge in [0, 0.05) is 16.5 Å². The molecule has 0 aliphatic rings. The zero-order valence-corrected chi connectivity index (χ0v) is 14.6. The molecule has 2 aromatic heterocycles. The highest BCUT2D eigenvalue weighted by Gasteiger charge is 2.24. The monoisotopic (exact) mass is 366 g/mol. The Morgan fingerprint density at radius 1 is 1.11 bits per heavy atom. The molecule has 0 saturated heterocycles. The molecule has 0 aliphatic heterocycles. The highest BCUT2D eigenvalue weighted by Crippen LogP contribution is 2.28. The number of hydrogen-bond donors (Lipinski definition) is 0. The minimum atomic E-state index is -0.771. The molecule has 0 radical (unpaired) electrons. The molecule has 27 heavy (non-hydrogen) atoms. The van der Waals surface area contributed by atoms with Crippen molar-refractivity contribution in [2.45, 2.75) is 20.0 Å². The van der Waals surface area contributed by atoms with E-state index in [0.717, 1.165) is 5.56 Å². The fraction of sp³-hybridized carbons (Fsp3) is 0.150. The number of aromatic nitrogens is 2. The standard InChI is InChI=1S/C20H15FN2O4/c1-11-15-10-14(21)8-9-16(15)26-17(11)20(24)25-12(2)18-22-23-19(27-18)13-6-4-3-5-7-13/h3-10,12H,1-2H3/t12-/m1/s1. The Hall–Kier alpha value is -3.48. The predicted molar refractivity (Wildman–Crippen MR) is 94.5 cm³/mol. The van der Waals surface area contributed by atoms with Crippen LogP contribution in [0.25, 0.3) is 22.4 Å². The summed E-state index contributed by atoms with van der Waals surface area (Å²) in [6.45, 7) is 3.30.